The van der Waals surface area contributed by atoms with Crippen molar-refractivity contribution in [1.29, 1.82) is 0 Å². The summed E-state index contributed by atoms with van der Waals surface area (Å²) in [6.07, 6.45) is 3.50. The standard InChI is InChI=1S/C12H19N3/c1-3-14-7-10-8(2)9-5-4-6-11(9)15-12(10)13/h14H,3-7H2,1-2H3,(H2,13,15). The maximum Gasteiger partial charge on any atom is 0.128 e. The number of nitrogens with two attached hydrogens (primary N) is 1. The van der Waals surface area contributed by atoms with Crippen LogP contribution in [0.3, 0.4) is 0 Å². The zero-order valence-electron chi connectivity index (χ0n) is 9.56. The summed E-state index contributed by atoms with van der Waals surface area (Å²) in [6.45, 7) is 6.09. The van der Waals surface area contributed by atoms with Crippen LogP contribution < -0.4 is 11.1 Å². The molecule has 1 aromatic rings. The Hall–Kier alpha value is -1.09. The molecule has 1 aliphatic rings. The third-order valence-corrected chi connectivity index (χ3v) is 3.21. The van der Waals surface area contributed by atoms with Crippen molar-refractivity contribution in [1.82, 2.24) is 10.3 Å². The minimum Gasteiger partial charge on any atom is -0.383 e. The first-order valence-corrected chi connectivity index (χ1v) is 5.71. The molecule has 15 heavy (non-hydrogen) atoms. The number of fused-ring (bicyclic) bond motifs is 1. The highest BCUT2D eigenvalue weighted by Crippen LogP contribution is 2.28. The van der Waals surface area contributed by atoms with Gasteiger partial charge in [-0.25, -0.2) is 4.98 Å². The van der Waals surface area contributed by atoms with Crippen LogP contribution in [0.1, 0.15) is 35.7 Å². The van der Waals surface area contributed by atoms with E-state index in [2.05, 4.69) is 24.1 Å². The Bertz CT molecular complexity index is 372. The fourth-order valence-electron chi connectivity index (χ4n) is 2.32. The van der Waals surface area contributed by atoms with Crippen LogP contribution in [0.5, 0.6) is 0 Å². The Labute approximate surface area is 91.1 Å². The highest BCUT2D eigenvalue weighted by Gasteiger charge is 2.18. The van der Waals surface area contributed by atoms with Crippen molar-refractivity contribution in [2.24, 2.45) is 0 Å². The van der Waals surface area contributed by atoms with Gasteiger partial charge in [-0.3, -0.25) is 0 Å². The number of anilines is 1. The number of hydrogen-bond acceptors (Lipinski definition) is 3. The predicted octanol–water partition coefficient (Wildman–Crippen LogP) is 1.57. The summed E-state index contributed by atoms with van der Waals surface area (Å²) in [4.78, 5) is 4.51. The fraction of sp³-hybridized carbons (Fsp3) is 0.583. The molecule has 82 valence electrons. The highest BCUT2D eigenvalue weighted by atomic mass is 14.9. The van der Waals surface area contributed by atoms with E-state index in [4.69, 9.17) is 5.73 Å². The Morgan fingerprint density at radius 2 is 2.20 bits per heavy atom. The van der Waals surface area contributed by atoms with Crippen LogP contribution in [-0.2, 0) is 19.4 Å². The van der Waals surface area contributed by atoms with Crippen LogP contribution in [0.25, 0.3) is 0 Å². The van der Waals surface area contributed by atoms with Gasteiger partial charge < -0.3 is 11.1 Å². The van der Waals surface area contributed by atoms with E-state index in [1.165, 1.54) is 35.2 Å². The van der Waals surface area contributed by atoms with Gasteiger partial charge in [0.15, 0.2) is 0 Å². The second-order valence-electron chi connectivity index (χ2n) is 4.16. The van der Waals surface area contributed by atoms with E-state index in [0.717, 1.165) is 19.5 Å². The molecule has 0 amide bonds. The second kappa shape index (κ2) is 4.19. The van der Waals surface area contributed by atoms with Crippen LogP contribution in [0.2, 0.25) is 0 Å². The largest absolute Gasteiger partial charge is 0.383 e. The van der Waals surface area contributed by atoms with Crippen LogP contribution >= 0.6 is 0 Å². The van der Waals surface area contributed by atoms with Crippen molar-refractivity contribution in [3.8, 4) is 0 Å². The zero-order valence-corrected chi connectivity index (χ0v) is 9.56. The number of nitrogens with zero attached hydrogens (tertiary/aromatic N) is 1. The molecule has 0 fully saturated rings. The number of nitrogens with one attached hydrogen (secondary N) is 1. The Morgan fingerprint density at radius 1 is 1.40 bits per heavy atom. The summed E-state index contributed by atoms with van der Waals surface area (Å²) in [6, 6.07) is 0. The summed E-state index contributed by atoms with van der Waals surface area (Å²) in [7, 11) is 0. The Morgan fingerprint density at radius 3 is 2.93 bits per heavy atom. The quantitative estimate of drug-likeness (QED) is 0.787. The van der Waals surface area contributed by atoms with E-state index >= 15 is 0 Å². The van der Waals surface area contributed by atoms with E-state index in [9.17, 15) is 0 Å². The highest BCUT2D eigenvalue weighted by molar-refractivity contribution is 5.51. The molecular weight excluding hydrogens is 186 g/mol. The maximum atomic E-state index is 5.98. The minimum absolute atomic E-state index is 0.717. The molecule has 3 heteroatoms. The Kier molecular flexibility index (Phi) is 2.91. The smallest absolute Gasteiger partial charge is 0.128 e. The molecule has 1 heterocycles. The fourth-order valence-corrected chi connectivity index (χ4v) is 2.32. The van der Waals surface area contributed by atoms with Crippen LogP contribution in [0.15, 0.2) is 0 Å². The van der Waals surface area contributed by atoms with Crippen molar-refractivity contribution in [2.45, 2.75) is 39.7 Å². The maximum absolute atomic E-state index is 5.98. The number of hydrogen-bond donors (Lipinski definition) is 2. The van der Waals surface area contributed by atoms with Gasteiger partial charge in [0.05, 0.1) is 0 Å². The lowest BCUT2D eigenvalue weighted by Gasteiger charge is -2.13. The van der Waals surface area contributed by atoms with Crippen LogP contribution in [0, 0.1) is 6.92 Å². The molecule has 0 saturated carbocycles. The molecule has 0 spiro atoms. The molecule has 0 aliphatic heterocycles. The van der Waals surface area contributed by atoms with Gasteiger partial charge >= 0.3 is 0 Å². The lowest BCUT2D eigenvalue weighted by molar-refractivity contribution is 0.721. The van der Waals surface area contributed by atoms with Gasteiger partial charge in [0.2, 0.25) is 0 Å². The van der Waals surface area contributed by atoms with Crippen molar-refractivity contribution in [2.75, 3.05) is 12.3 Å². The average Bonchev–Trinajstić information content (AvgIpc) is 2.65. The van der Waals surface area contributed by atoms with Gasteiger partial charge in [-0.1, -0.05) is 6.92 Å². The van der Waals surface area contributed by atoms with Crippen LogP contribution in [-0.4, -0.2) is 11.5 Å². The predicted molar refractivity (Wildman–Crippen MR) is 62.8 cm³/mol. The molecule has 3 N–H and O–H groups in total. The number of rotatable bonds is 3. The molecule has 0 unspecified atom stereocenters. The first-order valence-electron chi connectivity index (χ1n) is 5.71. The minimum atomic E-state index is 0.717. The third kappa shape index (κ3) is 1.84. The molecule has 1 aliphatic carbocycles. The van der Waals surface area contributed by atoms with Gasteiger partial charge in [-0.2, -0.15) is 0 Å². The summed E-state index contributed by atoms with van der Waals surface area (Å²) in [5, 5.41) is 3.32. The van der Waals surface area contributed by atoms with Crippen molar-refractivity contribution >= 4 is 5.82 Å². The van der Waals surface area contributed by atoms with Crippen molar-refractivity contribution < 1.29 is 0 Å². The van der Waals surface area contributed by atoms with E-state index in [1.807, 2.05) is 0 Å². The number of aryl methyl sites for hydroxylation is 1. The number of nitrogen functional groups attached to an aromatic ring is 1. The van der Waals surface area contributed by atoms with E-state index in [0.29, 0.717) is 5.82 Å². The SMILES string of the molecule is CCNCc1c(N)nc2c(c1C)CCC2. The molecule has 0 radical (unpaired) electrons. The Balaban J connectivity index is 2.37. The molecule has 0 aromatic carbocycles. The van der Waals surface area contributed by atoms with Crippen LogP contribution in [0.4, 0.5) is 5.82 Å². The van der Waals surface area contributed by atoms with Gasteiger partial charge in [-0.05, 0) is 43.9 Å². The van der Waals surface area contributed by atoms with Gasteiger partial charge in [0.1, 0.15) is 5.82 Å². The molecule has 2 rings (SSSR count). The number of aromatic nitrogens is 1. The summed E-state index contributed by atoms with van der Waals surface area (Å²) in [5.41, 5.74) is 11.2. The van der Waals surface area contributed by atoms with E-state index in [1.54, 1.807) is 0 Å². The number of pyridine rings is 1. The summed E-state index contributed by atoms with van der Waals surface area (Å²) in [5.74, 6) is 0.717. The summed E-state index contributed by atoms with van der Waals surface area (Å²) < 4.78 is 0. The van der Waals surface area contributed by atoms with E-state index < -0.39 is 0 Å². The van der Waals surface area contributed by atoms with E-state index in [-0.39, 0.29) is 0 Å². The molecule has 0 atom stereocenters. The normalized spacial score (nSPS) is 14.3. The average molecular weight is 205 g/mol. The molecular formula is C12H19N3. The third-order valence-electron chi connectivity index (χ3n) is 3.21. The zero-order chi connectivity index (χ0) is 10.8. The molecule has 1 aromatic heterocycles. The first-order chi connectivity index (χ1) is 7.24. The lowest BCUT2D eigenvalue weighted by atomic mass is 10.0. The molecule has 0 bridgehead atoms. The van der Waals surface area contributed by atoms with Gasteiger partial charge in [0, 0.05) is 17.8 Å². The molecule has 3 nitrogen and oxygen atoms in total. The van der Waals surface area contributed by atoms with Crippen molar-refractivity contribution in [3.05, 3.63) is 22.4 Å². The van der Waals surface area contributed by atoms with Gasteiger partial charge in [-0.15, -0.1) is 0 Å². The monoisotopic (exact) mass is 205 g/mol. The second-order valence-corrected chi connectivity index (χ2v) is 4.16. The van der Waals surface area contributed by atoms with Crippen molar-refractivity contribution in [3.63, 3.8) is 0 Å². The summed E-state index contributed by atoms with van der Waals surface area (Å²) >= 11 is 0. The lowest BCUT2D eigenvalue weighted by Crippen LogP contribution is -2.16. The van der Waals surface area contributed by atoms with Gasteiger partial charge in [0.25, 0.3) is 0 Å². The topological polar surface area (TPSA) is 50.9 Å². The first kappa shape index (κ1) is 10.4. The molecule has 0 saturated heterocycles.